The van der Waals surface area contributed by atoms with Crippen LogP contribution in [0.15, 0.2) is 16.3 Å². The topological polar surface area (TPSA) is 160 Å². The lowest BCUT2D eigenvalue weighted by molar-refractivity contribution is -0.0511. The van der Waals surface area contributed by atoms with Crippen LogP contribution in [-0.4, -0.2) is 72.1 Å². The summed E-state index contributed by atoms with van der Waals surface area (Å²) in [6, 6.07) is 0. The lowest BCUT2D eigenvalue weighted by Gasteiger charge is -2.16. The van der Waals surface area contributed by atoms with Crippen LogP contribution in [0.4, 0.5) is 0 Å². The Kier molecular flexibility index (Phi) is 4.66. The molecule has 1 aliphatic rings. The maximum Gasteiger partial charge on any atom is 0.279 e. The summed E-state index contributed by atoms with van der Waals surface area (Å²) in [6.45, 7) is -0.00648. The standard InChI is InChI=1S/C12H17N5O5S/c13-1-2-23-12-15-9-6(10(21)16-12)14-4-17(9)11-8(20)7(19)5(3-18)22-11/h4-5,7-8,11,18-20H,1-3,13H2,(H,15,16,21)/t5-,7-,8-,11-/m1/s1. The number of nitrogens with zero attached hydrogens (tertiary/aromatic N) is 3. The number of rotatable bonds is 5. The van der Waals surface area contributed by atoms with Crippen LogP contribution in [-0.2, 0) is 4.74 Å². The Morgan fingerprint density at radius 2 is 2.22 bits per heavy atom. The van der Waals surface area contributed by atoms with Gasteiger partial charge in [-0.1, -0.05) is 11.8 Å². The van der Waals surface area contributed by atoms with Crippen LogP contribution in [0.5, 0.6) is 0 Å². The minimum Gasteiger partial charge on any atom is -0.394 e. The maximum absolute atomic E-state index is 12.0. The molecule has 0 bridgehead atoms. The van der Waals surface area contributed by atoms with Gasteiger partial charge in [-0.15, -0.1) is 0 Å². The number of hydrogen-bond donors (Lipinski definition) is 5. The highest BCUT2D eigenvalue weighted by Gasteiger charge is 2.44. The quantitative estimate of drug-likeness (QED) is 0.299. The first-order valence-corrected chi connectivity index (χ1v) is 7.97. The van der Waals surface area contributed by atoms with Crippen LogP contribution < -0.4 is 11.3 Å². The van der Waals surface area contributed by atoms with Crippen molar-refractivity contribution in [2.75, 3.05) is 18.9 Å². The van der Waals surface area contributed by atoms with Crippen molar-refractivity contribution in [2.24, 2.45) is 5.73 Å². The molecule has 4 atom stereocenters. The van der Waals surface area contributed by atoms with Crippen molar-refractivity contribution in [3.63, 3.8) is 0 Å². The van der Waals surface area contributed by atoms with Crippen LogP contribution in [0.1, 0.15) is 6.23 Å². The first-order valence-electron chi connectivity index (χ1n) is 6.99. The Balaban J connectivity index is 2.01. The van der Waals surface area contributed by atoms with Gasteiger partial charge in [0, 0.05) is 12.3 Å². The Morgan fingerprint density at radius 3 is 2.87 bits per heavy atom. The molecule has 6 N–H and O–H groups in total. The Labute approximate surface area is 134 Å². The molecule has 2 aromatic rings. The zero-order valence-electron chi connectivity index (χ0n) is 12.0. The van der Waals surface area contributed by atoms with Crippen LogP contribution >= 0.6 is 11.8 Å². The first kappa shape index (κ1) is 16.4. The molecule has 10 nitrogen and oxygen atoms in total. The second-order valence-electron chi connectivity index (χ2n) is 5.06. The fraction of sp³-hybridized carbons (Fsp3) is 0.583. The van der Waals surface area contributed by atoms with Gasteiger partial charge in [0.2, 0.25) is 0 Å². The third-order valence-corrected chi connectivity index (χ3v) is 4.47. The Morgan fingerprint density at radius 1 is 1.43 bits per heavy atom. The van der Waals surface area contributed by atoms with E-state index in [0.717, 1.165) is 0 Å². The van der Waals surface area contributed by atoms with Crippen molar-refractivity contribution in [3.05, 3.63) is 16.7 Å². The highest BCUT2D eigenvalue weighted by molar-refractivity contribution is 7.99. The molecule has 3 heterocycles. The highest BCUT2D eigenvalue weighted by Crippen LogP contribution is 2.31. The van der Waals surface area contributed by atoms with Crippen molar-refractivity contribution < 1.29 is 20.1 Å². The van der Waals surface area contributed by atoms with Crippen molar-refractivity contribution in [1.82, 2.24) is 19.5 Å². The molecule has 23 heavy (non-hydrogen) atoms. The van der Waals surface area contributed by atoms with Crippen molar-refractivity contribution in [2.45, 2.75) is 29.7 Å². The van der Waals surface area contributed by atoms with E-state index >= 15 is 0 Å². The number of ether oxygens (including phenoxy) is 1. The fourth-order valence-electron chi connectivity index (χ4n) is 2.43. The van der Waals surface area contributed by atoms with Gasteiger partial charge in [0.05, 0.1) is 12.9 Å². The maximum atomic E-state index is 12.0. The largest absolute Gasteiger partial charge is 0.394 e. The Hall–Kier alpha value is -1.50. The fourth-order valence-corrected chi connectivity index (χ4v) is 3.05. The number of nitrogens with two attached hydrogens (primary N) is 1. The predicted molar refractivity (Wildman–Crippen MR) is 80.9 cm³/mol. The van der Waals surface area contributed by atoms with E-state index in [2.05, 4.69) is 15.0 Å². The Bertz CT molecular complexity index is 749. The van der Waals surface area contributed by atoms with Crippen LogP contribution in [0.25, 0.3) is 11.2 Å². The number of aliphatic hydroxyl groups is 3. The number of aromatic amines is 1. The van der Waals surface area contributed by atoms with E-state index < -0.39 is 36.7 Å². The van der Waals surface area contributed by atoms with Crippen molar-refractivity contribution >= 4 is 22.9 Å². The zero-order chi connectivity index (χ0) is 16.6. The average Bonchev–Trinajstić information content (AvgIpc) is 3.08. The van der Waals surface area contributed by atoms with Gasteiger partial charge in [0.25, 0.3) is 5.56 Å². The third kappa shape index (κ3) is 2.86. The minimum atomic E-state index is -1.27. The molecule has 2 aromatic heterocycles. The second kappa shape index (κ2) is 6.55. The van der Waals surface area contributed by atoms with E-state index in [1.54, 1.807) is 0 Å². The molecule has 0 aromatic carbocycles. The summed E-state index contributed by atoms with van der Waals surface area (Å²) in [4.78, 5) is 22.9. The number of H-pyrrole nitrogens is 1. The number of aromatic nitrogens is 4. The van der Waals surface area contributed by atoms with E-state index in [1.165, 1.54) is 22.7 Å². The van der Waals surface area contributed by atoms with Gasteiger partial charge in [-0.3, -0.25) is 14.3 Å². The molecule has 11 heteroatoms. The number of nitrogens with one attached hydrogen (secondary N) is 1. The number of fused-ring (bicyclic) bond motifs is 1. The first-order chi connectivity index (χ1) is 11.1. The molecule has 0 amide bonds. The molecule has 126 valence electrons. The predicted octanol–water partition coefficient (Wildman–Crippen LogP) is -2.22. The normalized spacial score (nSPS) is 27.8. The summed E-state index contributed by atoms with van der Waals surface area (Å²) in [5, 5.41) is 29.5. The van der Waals surface area contributed by atoms with Crippen molar-refractivity contribution in [3.8, 4) is 0 Å². The molecule has 0 radical (unpaired) electrons. The highest BCUT2D eigenvalue weighted by atomic mass is 32.2. The second-order valence-corrected chi connectivity index (χ2v) is 6.14. The smallest absolute Gasteiger partial charge is 0.279 e. The van der Waals surface area contributed by atoms with Crippen molar-refractivity contribution in [1.29, 1.82) is 0 Å². The number of aliphatic hydroxyl groups excluding tert-OH is 3. The lowest BCUT2D eigenvalue weighted by atomic mass is 10.1. The zero-order valence-corrected chi connectivity index (χ0v) is 12.8. The summed E-state index contributed by atoms with van der Waals surface area (Å²) in [5.74, 6) is 0.580. The molecule has 1 fully saturated rings. The summed E-state index contributed by atoms with van der Waals surface area (Å²) in [5.41, 5.74) is 5.34. The molecule has 1 saturated heterocycles. The molecule has 1 aliphatic heterocycles. The third-order valence-electron chi connectivity index (χ3n) is 3.56. The number of thioether (sulfide) groups is 1. The molecule has 0 unspecified atom stereocenters. The summed E-state index contributed by atoms with van der Waals surface area (Å²) in [6.07, 6.45) is -3.11. The van der Waals surface area contributed by atoms with Gasteiger partial charge in [-0.2, -0.15) is 0 Å². The van der Waals surface area contributed by atoms with E-state index in [9.17, 15) is 15.0 Å². The molecular formula is C12H17N5O5S. The molecule has 3 rings (SSSR count). The lowest BCUT2D eigenvalue weighted by Crippen LogP contribution is -2.33. The number of hydrogen-bond acceptors (Lipinski definition) is 9. The molecule has 0 spiro atoms. The van der Waals surface area contributed by atoms with Crippen LogP contribution in [0.2, 0.25) is 0 Å². The molecule has 0 saturated carbocycles. The van der Waals surface area contributed by atoms with E-state index in [-0.39, 0.29) is 11.2 Å². The molecular weight excluding hydrogens is 326 g/mol. The molecule has 0 aliphatic carbocycles. The number of imidazole rings is 1. The van der Waals surface area contributed by atoms with E-state index in [4.69, 9.17) is 15.6 Å². The average molecular weight is 343 g/mol. The summed E-state index contributed by atoms with van der Waals surface area (Å²) in [7, 11) is 0. The van der Waals surface area contributed by atoms with Crippen LogP contribution in [0, 0.1) is 0 Å². The van der Waals surface area contributed by atoms with Gasteiger partial charge in [-0.25, -0.2) is 9.97 Å². The monoisotopic (exact) mass is 343 g/mol. The van der Waals surface area contributed by atoms with Gasteiger partial charge >= 0.3 is 0 Å². The van der Waals surface area contributed by atoms with Gasteiger partial charge in [0.1, 0.15) is 18.3 Å². The van der Waals surface area contributed by atoms with Gasteiger partial charge < -0.3 is 25.8 Å². The van der Waals surface area contributed by atoms with Gasteiger partial charge in [0.15, 0.2) is 22.5 Å². The SMILES string of the molecule is NCCSc1nc2c(ncn2[C@@H]2O[C@H](CO)[C@@H](O)[C@H]2O)c(=O)[nH]1. The summed E-state index contributed by atoms with van der Waals surface area (Å²) < 4.78 is 6.82. The van der Waals surface area contributed by atoms with Gasteiger partial charge in [-0.05, 0) is 0 Å². The summed E-state index contributed by atoms with van der Waals surface area (Å²) >= 11 is 1.28. The van der Waals surface area contributed by atoms with E-state index in [0.29, 0.717) is 17.5 Å². The minimum absolute atomic E-state index is 0.0971. The van der Waals surface area contributed by atoms with Crippen LogP contribution in [0.3, 0.4) is 0 Å². The van der Waals surface area contributed by atoms with E-state index in [1.807, 2.05) is 0 Å².